The fourth-order valence-corrected chi connectivity index (χ4v) is 4.85. The highest BCUT2D eigenvalue weighted by Crippen LogP contribution is 2.30. The summed E-state index contributed by atoms with van der Waals surface area (Å²) in [7, 11) is 0. The molecule has 0 bridgehead atoms. The number of hydrogen-bond acceptors (Lipinski definition) is 6. The first-order valence-corrected chi connectivity index (χ1v) is 12.4. The van der Waals surface area contributed by atoms with Crippen molar-refractivity contribution >= 4 is 29.0 Å². The number of aryl methyl sites for hydroxylation is 2. The van der Waals surface area contributed by atoms with E-state index in [1.807, 2.05) is 36.9 Å². The highest BCUT2D eigenvalue weighted by atomic mass is 32.2. The number of nitrogens with one attached hydrogen (secondary N) is 1. The van der Waals surface area contributed by atoms with Crippen LogP contribution < -0.4 is 5.32 Å². The third kappa shape index (κ3) is 4.61. The minimum absolute atomic E-state index is 0.122. The molecule has 1 N–H and O–H groups in total. The van der Waals surface area contributed by atoms with E-state index in [9.17, 15) is 4.79 Å². The van der Waals surface area contributed by atoms with Crippen molar-refractivity contribution in [2.24, 2.45) is 0 Å². The zero-order valence-corrected chi connectivity index (χ0v) is 20.2. The normalized spacial score (nSPS) is 11.0. The lowest BCUT2D eigenvalue weighted by molar-refractivity contribution is 0.0954. The summed E-state index contributed by atoms with van der Waals surface area (Å²) in [6.07, 6.45) is 3.05. The molecule has 4 rings (SSSR count). The molecule has 2 heterocycles. The van der Waals surface area contributed by atoms with Crippen molar-refractivity contribution in [2.45, 2.75) is 38.6 Å². The average molecular weight is 464 g/mol. The molecule has 0 saturated carbocycles. The zero-order chi connectivity index (χ0) is 22.7. The Bertz CT molecular complexity index is 1240. The number of aromatic nitrogens is 4. The van der Waals surface area contributed by atoms with E-state index >= 15 is 0 Å². The first-order valence-electron chi connectivity index (χ1n) is 10.4. The molecule has 4 aromatic rings. The Morgan fingerprint density at radius 3 is 2.59 bits per heavy atom. The molecule has 164 valence electrons. The van der Waals surface area contributed by atoms with Gasteiger partial charge in [0.15, 0.2) is 0 Å². The quantitative estimate of drug-likeness (QED) is 0.380. The van der Waals surface area contributed by atoms with Crippen LogP contribution in [0.25, 0.3) is 16.4 Å². The Labute approximate surface area is 196 Å². The monoisotopic (exact) mass is 463 g/mol. The zero-order valence-electron chi connectivity index (χ0n) is 18.5. The fraction of sp³-hybridized carbons (Fsp3) is 0.250. The molecule has 0 fully saturated rings. The lowest BCUT2D eigenvalue weighted by Gasteiger charge is -2.05. The maximum absolute atomic E-state index is 12.8. The Morgan fingerprint density at radius 2 is 1.88 bits per heavy atom. The SMILES string of the molecule is CCc1ccc(CNC(=O)c2sc(-c3nnn(-c4cccc(SC)c4)c3C)nc2C)cc1. The van der Waals surface area contributed by atoms with E-state index in [0.717, 1.165) is 28.3 Å². The summed E-state index contributed by atoms with van der Waals surface area (Å²) in [4.78, 5) is 19.2. The van der Waals surface area contributed by atoms with Gasteiger partial charge in [-0.05, 0) is 55.9 Å². The Balaban J connectivity index is 1.53. The van der Waals surface area contributed by atoms with E-state index < -0.39 is 0 Å². The topological polar surface area (TPSA) is 72.7 Å². The van der Waals surface area contributed by atoms with Crippen molar-refractivity contribution in [2.75, 3.05) is 6.26 Å². The van der Waals surface area contributed by atoms with E-state index in [1.165, 1.54) is 16.9 Å². The minimum atomic E-state index is -0.122. The van der Waals surface area contributed by atoms with Crippen LogP contribution in [0.2, 0.25) is 0 Å². The van der Waals surface area contributed by atoms with Crippen molar-refractivity contribution in [1.29, 1.82) is 0 Å². The lowest BCUT2D eigenvalue weighted by atomic mass is 10.1. The summed E-state index contributed by atoms with van der Waals surface area (Å²) >= 11 is 3.03. The van der Waals surface area contributed by atoms with E-state index in [-0.39, 0.29) is 5.91 Å². The van der Waals surface area contributed by atoms with Gasteiger partial charge in [-0.3, -0.25) is 4.79 Å². The molecule has 0 aliphatic carbocycles. The molecular weight excluding hydrogens is 438 g/mol. The van der Waals surface area contributed by atoms with Crippen LogP contribution in [-0.4, -0.2) is 32.1 Å². The van der Waals surface area contributed by atoms with Gasteiger partial charge in [0.25, 0.3) is 5.91 Å². The molecule has 0 spiro atoms. The molecule has 32 heavy (non-hydrogen) atoms. The molecule has 0 unspecified atom stereocenters. The number of carbonyl (C=O) groups is 1. The number of carbonyl (C=O) groups excluding carboxylic acids is 1. The summed E-state index contributed by atoms with van der Waals surface area (Å²) in [5.41, 5.74) is 5.59. The van der Waals surface area contributed by atoms with Gasteiger partial charge in [0, 0.05) is 11.4 Å². The van der Waals surface area contributed by atoms with Crippen LogP contribution in [0.15, 0.2) is 53.4 Å². The summed E-state index contributed by atoms with van der Waals surface area (Å²) in [5, 5.41) is 12.4. The average Bonchev–Trinajstić information content (AvgIpc) is 3.40. The van der Waals surface area contributed by atoms with Crippen molar-refractivity contribution in [3.8, 4) is 16.4 Å². The Hall–Kier alpha value is -2.97. The van der Waals surface area contributed by atoms with Gasteiger partial charge in [0.1, 0.15) is 15.6 Å². The Kier molecular flexibility index (Phi) is 6.72. The molecule has 8 heteroatoms. The van der Waals surface area contributed by atoms with Gasteiger partial charge >= 0.3 is 0 Å². The maximum Gasteiger partial charge on any atom is 0.263 e. The highest BCUT2D eigenvalue weighted by Gasteiger charge is 2.20. The number of thiazole rings is 1. The molecule has 6 nitrogen and oxygen atoms in total. The predicted molar refractivity (Wildman–Crippen MR) is 131 cm³/mol. The van der Waals surface area contributed by atoms with Gasteiger partial charge in [0.05, 0.1) is 17.1 Å². The van der Waals surface area contributed by atoms with Crippen LogP contribution in [0.3, 0.4) is 0 Å². The minimum Gasteiger partial charge on any atom is -0.347 e. The van der Waals surface area contributed by atoms with Crippen LogP contribution >= 0.6 is 23.1 Å². The van der Waals surface area contributed by atoms with E-state index in [4.69, 9.17) is 0 Å². The van der Waals surface area contributed by atoms with Crippen LogP contribution in [0.1, 0.15) is 39.1 Å². The second-order valence-corrected chi connectivity index (χ2v) is 9.30. The van der Waals surface area contributed by atoms with Crippen molar-refractivity contribution in [3.63, 3.8) is 0 Å². The van der Waals surface area contributed by atoms with Crippen LogP contribution in [0.4, 0.5) is 0 Å². The largest absolute Gasteiger partial charge is 0.347 e. The molecule has 0 atom stereocenters. The van der Waals surface area contributed by atoms with Gasteiger partial charge in [-0.25, -0.2) is 9.67 Å². The molecule has 2 aromatic carbocycles. The van der Waals surface area contributed by atoms with Gasteiger partial charge in [0.2, 0.25) is 0 Å². The van der Waals surface area contributed by atoms with E-state index in [2.05, 4.69) is 63.9 Å². The third-order valence-electron chi connectivity index (χ3n) is 5.28. The second kappa shape index (κ2) is 9.67. The number of rotatable bonds is 7. The van der Waals surface area contributed by atoms with Gasteiger partial charge < -0.3 is 5.32 Å². The molecule has 2 aromatic heterocycles. The predicted octanol–water partition coefficient (Wildman–Crippen LogP) is 5.22. The van der Waals surface area contributed by atoms with E-state index in [0.29, 0.717) is 27.8 Å². The summed E-state index contributed by atoms with van der Waals surface area (Å²) in [6, 6.07) is 16.5. The summed E-state index contributed by atoms with van der Waals surface area (Å²) in [6.45, 7) is 6.43. The fourth-order valence-electron chi connectivity index (χ4n) is 3.38. The number of benzene rings is 2. The van der Waals surface area contributed by atoms with Crippen molar-refractivity contribution < 1.29 is 4.79 Å². The first kappa shape index (κ1) is 22.2. The Morgan fingerprint density at radius 1 is 1.12 bits per heavy atom. The molecule has 0 aliphatic heterocycles. The summed E-state index contributed by atoms with van der Waals surface area (Å²) < 4.78 is 1.81. The maximum atomic E-state index is 12.8. The number of thioether (sulfide) groups is 1. The molecular formula is C24H25N5OS2. The number of hydrogen-bond donors (Lipinski definition) is 1. The smallest absolute Gasteiger partial charge is 0.263 e. The van der Waals surface area contributed by atoms with E-state index in [1.54, 1.807) is 11.8 Å². The van der Waals surface area contributed by atoms with Crippen LogP contribution in [0, 0.1) is 13.8 Å². The van der Waals surface area contributed by atoms with Crippen LogP contribution in [0.5, 0.6) is 0 Å². The highest BCUT2D eigenvalue weighted by molar-refractivity contribution is 7.98. The lowest BCUT2D eigenvalue weighted by Crippen LogP contribution is -2.22. The molecule has 0 radical (unpaired) electrons. The van der Waals surface area contributed by atoms with Gasteiger partial charge in [-0.1, -0.05) is 42.5 Å². The number of amides is 1. The van der Waals surface area contributed by atoms with Crippen molar-refractivity contribution in [1.82, 2.24) is 25.3 Å². The molecule has 0 saturated heterocycles. The summed E-state index contributed by atoms with van der Waals surface area (Å²) in [5.74, 6) is -0.122. The number of nitrogens with zero attached hydrogens (tertiary/aromatic N) is 4. The second-order valence-electron chi connectivity index (χ2n) is 7.42. The third-order valence-corrected chi connectivity index (χ3v) is 7.17. The van der Waals surface area contributed by atoms with Crippen molar-refractivity contribution in [3.05, 3.63) is 75.9 Å². The van der Waals surface area contributed by atoms with Gasteiger partial charge in [-0.15, -0.1) is 28.2 Å². The first-order chi connectivity index (χ1) is 15.5. The van der Waals surface area contributed by atoms with Gasteiger partial charge in [-0.2, -0.15) is 0 Å². The standard InChI is InChI=1S/C24H25N5OS2/c1-5-17-9-11-18(12-10-17)14-25-23(30)22-15(2)26-24(32-22)21-16(3)29(28-27-21)19-7-6-8-20(13-19)31-4/h6-13H,5,14H2,1-4H3,(H,25,30). The molecule has 1 amide bonds. The molecule has 0 aliphatic rings. The van der Waals surface area contributed by atoms with Crippen LogP contribution in [-0.2, 0) is 13.0 Å².